The van der Waals surface area contributed by atoms with Gasteiger partial charge in [0.2, 0.25) is 0 Å². The Bertz CT molecular complexity index is 327. The van der Waals surface area contributed by atoms with Gasteiger partial charge < -0.3 is 4.90 Å². The number of aromatic nitrogens is 1. The Morgan fingerprint density at radius 3 is 2.87 bits per heavy atom. The molecule has 0 aliphatic heterocycles. The molecule has 0 saturated carbocycles. The number of ketones is 1. The molecule has 1 rings (SSSR count). The summed E-state index contributed by atoms with van der Waals surface area (Å²) in [7, 11) is 0. The van der Waals surface area contributed by atoms with Crippen molar-refractivity contribution < 1.29 is 4.79 Å². The fourth-order valence-electron chi connectivity index (χ4n) is 1.26. The van der Waals surface area contributed by atoms with Crippen LogP contribution >= 0.6 is 22.9 Å². The molecule has 0 amide bonds. The van der Waals surface area contributed by atoms with E-state index in [4.69, 9.17) is 11.6 Å². The first-order valence-electron chi connectivity index (χ1n) is 5.02. The maximum Gasteiger partial charge on any atom is 0.196 e. The van der Waals surface area contributed by atoms with Crippen molar-refractivity contribution in [1.82, 2.24) is 4.98 Å². The van der Waals surface area contributed by atoms with Gasteiger partial charge in [-0.2, -0.15) is 0 Å². The number of halogens is 1. The van der Waals surface area contributed by atoms with Gasteiger partial charge >= 0.3 is 0 Å². The quantitative estimate of drug-likeness (QED) is 0.572. The number of hydrogen-bond donors (Lipinski definition) is 0. The molecule has 0 radical (unpaired) electrons. The van der Waals surface area contributed by atoms with E-state index in [-0.39, 0.29) is 11.7 Å². The molecule has 5 heteroatoms. The first-order chi connectivity index (χ1) is 7.22. The summed E-state index contributed by atoms with van der Waals surface area (Å²) in [5.41, 5.74) is 0.486. The topological polar surface area (TPSA) is 33.2 Å². The Balaban J connectivity index is 2.77. The smallest absolute Gasteiger partial charge is 0.196 e. The third-order valence-corrected chi connectivity index (χ3v) is 3.19. The van der Waals surface area contributed by atoms with Crippen molar-refractivity contribution in [2.45, 2.75) is 20.3 Å². The van der Waals surface area contributed by atoms with Crippen LogP contribution in [0, 0.1) is 0 Å². The molecule has 1 aromatic heterocycles. The number of carbonyl (C=O) groups excluding carboxylic acids is 1. The lowest BCUT2D eigenvalue weighted by Gasteiger charge is -2.18. The lowest BCUT2D eigenvalue weighted by Crippen LogP contribution is -2.23. The van der Waals surface area contributed by atoms with Crippen LogP contribution in [-0.2, 0) is 0 Å². The number of Topliss-reactive ketones (excluding diaryl/α,β-unsaturated/α-hetero) is 1. The first-order valence-corrected chi connectivity index (χ1v) is 6.44. The normalized spacial score (nSPS) is 10.3. The van der Waals surface area contributed by atoms with Crippen LogP contribution in [0.4, 0.5) is 5.13 Å². The van der Waals surface area contributed by atoms with Crippen LogP contribution in [0.3, 0.4) is 0 Å². The molecule has 0 N–H and O–H groups in total. The molecule has 0 aromatic carbocycles. The molecule has 3 nitrogen and oxygen atoms in total. The second-order valence-electron chi connectivity index (χ2n) is 3.15. The lowest BCUT2D eigenvalue weighted by atomic mass is 10.3. The van der Waals surface area contributed by atoms with Crippen molar-refractivity contribution in [2.75, 3.05) is 23.9 Å². The average Bonchev–Trinajstić information content (AvgIpc) is 2.73. The van der Waals surface area contributed by atoms with Gasteiger partial charge in [-0.05, 0) is 13.3 Å². The van der Waals surface area contributed by atoms with E-state index < -0.39 is 0 Å². The van der Waals surface area contributed by atoms with E-state index in [0.717, 1.165) is 24.6 Å². The van der Waals surface area contributed by atoms with Gasteiger partial charge in [-0.3, -0.25) is 4.79 Å². The fraction of sp³-hybridized carbons (Fsp3) is 0.600. The number of nitrogens with zero attached hydrogens (tertiary/aromatic N) is 2. The zero-order valence-electron chi connectivity index (χ0n) is 8.99. The van der Waals surface area contributed by atoms with E-state index >= 15 is 0 Å². The van der Waals surface area contributed by atoms with E-state index in [1.807, 2.05) is 0 Å². The third-order valence-electron chi connectivity index (χ3n) is 2.04. The van der Waals surface area contributed by atoms with Crippen molar-refractivity contribution in [3.8, 4) is 0 Å². The summed E-state index contributed by atoms with van der Waals surface area (Å²) in [6.07, 6.45) is 1.08. The highest BCUT2D eigenvalue weighted by atomic mass is 35.5. The summed E-state index contributed by atoms with van der Waals surface area (Å²) in [4.78, 5) is 17.7. The van der Waals surface area contributed by atoms with Crippen molar-refractivity contribution in [3.05, 3.63) is 11.1 Å². The number of hydrogen-bond acceptors (Lipinski definition) is 4. The molecule has 15 heavy (non-hydrogen) atoms. The first kappa shape index (κ1) is 12.5. The number of carbonyl (C=O) groups is 1. The van der Waals surface area contributed by atoms with Gasteiger partial charge in [-0.25, -0.2) is 4.98 Å². The van der Waals surface area contributed by atoms with Gasteiger partial charge in [0, 0.05) is 18.5 Å². The Morgan fingerprint density at radius 1 is 1.60 bits per heavy atom. The molecule has 0 atom stereocenters. The van der Waals surface area contributed by atoms with Crippen LogP contribution in [0.25, 0.3) is 0 Å². The molecule has 1 aromatic rings. The molecule has 0 aliphatic carbocycles. The molecule has 0 fully saturated rings. The van der Waals surface area contributed by atoms with E-state index in [9.17, 15) is 4.79 Å². The van der Waals surface area contributed by atoms with Crippen molar-refractivity contribution in [2.24, 2.45) is 0 Å². The van der Waals surface area contributed by atoms with Crippen LogP contribution in [0.1, 0.15) is 30.8 Å². The fourth-order valence-corrected chi connectivity index (χ4v) is 2.32. The third kappa shape index (κ3) is 3.18. The number of alkyl halides is 1. The van der Waals surface area contributed by atoms with Crippen molar-refractivity contribution >= 4 is 33.9 Å². The highest BCUT2D eigenvalue weighted by Gasteiger charge is 2.12. The summed E-state index contributed by atoms with van der Waals surface area (Å²) in [6, 6.07) is 0. The van der Waals surface area contributed by atoms with Gasteiger partial charge in [0.25, 0.3) is 0 Å². The van der Waals surface area contributed by atoms with Crippen LogP contribution in [0.15, 0.2) is 5.38 Å². The Kier molecular flexibility index (Phi) is 5.05. The minimum absolute atomic E-state index is 0.00305. The van der Waals surface area contributed by atoms with E-state index in [1.54, 1.807) is 5.38 Å². The summed E-state index contributed by atoms with van der Waals surface area (Å²) in [5.74, 6) is -0.102. The van der Waals surface area contributed by atoms with Gasteiger partial charge in [0.15, 0.2) is 10.9 Å². The predicted molar refractivity (Wildman–Crippen MR) is 65.3 cm³/mol. The van der Waals surface area contributed by atoms with E-state index in [2.05, 4.69) is 23.7 Å². The molecular weight excluding hydrogens is 232 g/mol. The predicted octanol–water partition coefficient (Wildman–Crippen LogP) is 2.80. The Labute approximate surface area is 99.1 Å². The number of anilines is 1. The summed E-state index contributed by atoms with van der Waals surface area (Å²) in [6.45, 7) is 6.09. The average molecular weight is 247 g/mol. The number of rotatable bonds is 6. The van der Waals surface area contributed by atoms with Gasteiger partial charge in [-0.15, -0.1) is 22.9 Å². The summed E-state index contributed by atoms with van der Waals surface area (Å²) >= 11 is 6.97. The van der Waals surface area contributed by atoms with Crippen LogP contribution in [0.5, 0.6) is 0 Å². The maximum absolute atomic E-state index is 11.3. The van der Waals surface area contributed by atoms with Crippen LogP contribution < -0.4 is 4.90 Å². The Morgan fingerprint density at radius 2 is 2.33 bits per heavy atom. The molecule has 84 valence electrons. The zero-order valence-corrected chi connectivity index (χ0v) is 10.6. The second kappa shape index (κ2) is 6.08. The van der Waals surface area contributed by atoms with Crippen LogP contribution in [0.2, 0.25) is 0 Å². The molecule has 0 bridgehead atoms. The largest absolute Gasteiger partial charge is 0.348 e. The van der Waals surface area contributed by atoms with Crippen molar-refractivity contribution in [3.63, 3.8) is 0 Å². The Hall–Kier alpha value is -0.610. The summed E-state index contributed by atoms with van der Waals surface area (Å²) in [5, 5.41) is 2.69. The standard InChI is InChI=1S/C10H15ClN2OS/c1-3-5-13(4-2)10-12-8(7-15-10)9(14)6-11/h7H,3-6H2,1-2H3. The lowest BCUT2D eigenvalue weighted by molar-refractivity contribution is 0.101. The van der Waals surface area contributed by atoms with E-state index in [0.29, 0.717) is 5.69 Å². The molecule has 0 aliphatic rings. The highest BCUT2D eigenvalue weighted by Crippen LogP contribution is 2.20. The van der Waals surface area contributed by atoms with Gasteiger partial charge in [0.1, 0.15) is 5.69 Å². The summed E-state index contributed by atoms with van der Waals surface area (Å²) < 4.78 is 0. The van der Waals surface area contributed by atoms with Gasteiger partial charge in [-0.1, -0.05) is 6.92 Å². The highest BCUT2D eigenvalue weighted by molar-refractivity contribution is 7.14. The molecule has 0 spiro atoms. The van der Waals surface area contributed by atoms with Crippen LogP contribution in [-0.4, -0.2) is 29.7 Å². The molecule has 0 unspecified atom stereocenters. The maximum atomic E-state index is 11.3. The zero-order chi connectivity index (χ0) is 11.3. The molecular formula is C10H15ClN2OS. The minimum Gasteiger partial charge on any atom is -0.348 e. The molecule has 0 saturated heterocycles. The minimum atomic E-state index is -0.105. The van der Waals surface area contributed by atoms with Crippen molar-refractivity contribution in [1.29, 1.82) is 0 Å². The van der Waals surface area contributed by atoms with Gasteiger partial charge in [0.05, 0.1) is 5.88 Å². The second-order valence-corrected chi connectivity index (χ2v) is 4.26. The monoisotopic (exact) mass is 246 g/mol. The SMILES string of the molecule is CCCN(CC)c1nc(C(=O)CCl)cs1. The molecule has 1 heterocycles. The number of thiazole rings is 1. The van der Waals surface area contributed by atoms with E-state index in [1.165, 1.54) is 11.3 Å².